The van der Waals surface area contributed by atoms with Crippen molar-refractivity contribution >= 4 is 23.3 Å². The first kappa shape index (κ1) is 27.4. The number of benzene rings is 2. The summed E-state index contributed by atoms with van der Waals surface area (Å²) in [5, 5.41) is 8.03. The van der Waals surface area contributed by atoms with Crippen LogP contribution in [0.15, 0.2) is 96.2 Å². The first-order chi connectivity index (χ1) is 20.2. The lowest BCUT2D eigenvalue weighted by atomic mass is 9.95. The minimum Gasteiger partial charge on any atom is -0.328 e. The Morgan fingerprint density at radius 3 is 2.36 bits per heavy atom. The quantitative estimate of drug-likeness (QED) is 0.264. The van der Waals surface area contributed by atoms with Gasteiger partial charge in [-0.1, -0.05) is 54.6 Å². The Hall–Kier alpha value is -4.73. The van der Waals surface area contributed by atoms with E-state index in [-0.39, 0.29) is 18.0 Å². The van der Waals surface area contributed by atoms with Gasteiger partial charge in [0.05, 0.1) is 16.6 Å². The number of hydrogen-bond acceptors (Lipinski definition) is 7. The molecule has 1 aliphatic heterocycles. The molecule has 4 aromatic heterocycles. The van der Waals surface area contributed by atoms with E-state index >= 15 is 0 Å². The smallest absolute Gasteiger partial charge is 0.257 e. The fraction of sp³-hybridized carbons (Fsp3) is 0.188. The number of likely N-dealkylation sites (tertiary alicyclic amines) is 1. The van der Waals surface area contributed by atoms with E-state index in [2.05, 4.69) is 71.4 Å². The summed E-state index contributed by atoms with van der Waals surface area (Å²) in [6.07, 6.45) is 7.08. The van der Waals surface area contributed by atoms with E-state index in [1.807, 2.05) is 30.3 Å². The highest BCUT2D eigenvalue weighted by Crippen LogP contribution is 2.33. The molecule has 9 nitrogen and oxygen atoms in total. The van der Waals surface area contributed by atoms with Crippen LogP contribution in [0.1, 0.15) is 30.1 Å². The molecule has 0 aliphatic carbocycles. The van der Waals surface area contributed by atoms with Gasteiger partial charge < -0.3 is 4.98 Å². The van der Waals surface area contributed by atoms with Crippen LogP contribution < -0.4 is 5.56 Å². The van der Waals surface area contributed by atoms with E-state index in [4.69, 9.17) is 4.98 Å². The number of piperidine rings is 1. The Kier molecular flexibility index (Phi) is 7.85. The summed E-state index contributed by atoms with van der Waals surface area (Å²) >= 11 is 0. The summed E-state index contributed by atoms with van der Waals surface area (Å²) in [4.78, 5) is 35.8. The predicted octanol–water partition coefficient (Wildman–Crippen LogP) is 5.63. The van der Waals surface area contributed by atoms with E-state index in [0.717, 1.165) is 60.7 Å². The molecule has 0 bridgehead atoms. The minimum absolute atomic E-state index is 0. The maximum Gasteiger partial charge on any atom is 0.257 e. The molecule has 0 amide bonds. The zero-order valence-electron chi connectivity index (χ0n) is 22.8. The van der Waals surface area contributed by atoms with Crippen LogP contribution in [0, 0.1) is 0 Å². The number of H-pyrrole nitrogens is 2. The summed E-state index contributed by atoms with van der Waals surface area (Å²) in [5.41, 5.74) is 5.68. The van der Waals surface area contributed by atoms with Crippen LogP contribution in [0.3, 0.4) is 0 Å². The van der Waals surface area contributed by atoms with Crippen molar-refractivity contribution in [3.05, 3.63) is 113 Å². The van der Waals surface area contributed by atoms with Crippen molar-refractivity contribution in [1.82, 2.24) is 40.0 Å². The van der Waals surface area contributed by atoms with Crippen LogP contribution in [-0.2, 0) is 6.54 Å². The third kappa shape index (κ3) is 5.57. The fourth-order valence-electron chi connectivity index (χ4n) is 5.53. The molecule has 6 aromatic rings. The Labute approximate surface area is 248 Å². The average Bonchev–Trinajstić information content (AvgIpc) is 3.53. The van der Waals surface area contributed by atoms with Gasteiger partial charge in [0.25, 0.3) is 5.56 Å². The average molecular weight is 577 g/mol. The Balaban J connectivity index is 0.00000316. The lowest BCUT2D eigenvalue weighted by Gasteiger charge is -2.31. The predicted molar refractivity (Wildman–Crippen MR) is 165 cm³/mol. The highest BCUT2D eigenvalue weighted by Gasteiger charge is 2.24. The number of pyridine rings is 2. The SMILES string of the molecule is Cl.O=c1[nH]ccc2nc(-c3ccc(CN4CCC(c5nc(-c6ncccn6)n[nH]5)CC4)cc3)c(-c3ccccc3)cc12. The van der Waals surface area contributed by atoms with E-state index in [0.29, 0.717) is 28.5 Å². The molecule has 42 heavy (non-hydrogen) atoms. The van der Waals surface area contributed by atoms with Crippen LogP contribution in [0.2, 0.25) is 0 Å². The molecule has 0 unspecified atom stereocenters. The molecule has 7 rings (SSSR count). The summed E-state index contributed by atoms with van der Waals surface area (Å²) in [6, 6.07) is 24.3. The molecular formula is C32H29ClN8O. The zero-order valence-corrected chi connectivity index (χ0v) is 23.6. The molecule has 0 radical (unpaired) electrons. The van der Waals surface area contributed by atoms with E-state index in [9.17, 15) is 4.79 Å². The fourth-order valence-corrected chi connectivity index (χ4v) is 5.53. The number of hydrogen-bond donors (Lipinski definition) is 2. The van der Waals surface area contributed by atoms with Gasteiger partial charge >= 0.3 is 0 Å². The molecule has 0 atom stereocenters. The summed E-state index contributed by atoms with van der Waals surface area (Å²) in [7, 11) is 0. The van der Waals surface area contributed by atoms with Crippen LogP contribution >= 0.6 is 12.4 Å². The van der Waals surface area contributed by atoms with Crippen molar-refractivity contribution in [2.24, 2.45) is 0 Å². The second-order valence-corrected chi connectivity index (χ2v) is 10.4. The van der Waals surface area contributed by atoms with E-state index < -0.39 is 0 Å². The highest BCUT2D eigenvalue weighted by atomic mass is 35.5. The number of aromatic amines is 2. The van der Waals surface area contributed by atoms with Crippen molar-refractivity contribution in [3.8, 4) is 34.0 Å². The van der Waals surface area contributed by atoms with Gasteiger partial charge in [0.15, 0.2) is 5.82 Å². The third-order valence-corrected chi connectivity index (χ3v) is 7.71. The highest BCUT2D eigenvalue weighted by molar-refractivity contribution is 5.91. The molecular weight excluding hydrogens is 548 g/mol. The summed E-state index contributed by atoms with van der Waals surface area (Å²) in [6.45, 7) is 2.87. The van der Waals surface area contributed by atoms with Crippen molar-refractivity contribution < 1.29 is 0 Å². The lowest BCUT2D eigenvalue weighted by molar-refractivity contribution is 0.202. The number of nitrogens with zero attached hydrogens (tertiary/aromatic N) is 6. The number of fused-ring (bicyclic) bond motifs is 1. The molecule has 1 saturated heterocycles. The number of aromatic nitrogens is 7. The van der Waals surface area contributed by atoms with Gasteiger partial charge in [0.1, 0.15) is 5.82 Å². The van der Waals surface area contributed by atoms with Crippen LogP contribution in [-0.4, -0.2) is 53.1 Å². The number of nitrogens with one attached hydrogen (secondary N) is 2. The standard InChI is InChI=1S/C32H28N8O.ClH/c41-32-26-19-25(22-5-2-1-3-6-22)28(36-27(26)11-16-35-32)23-9-7-21(8-10-23)20-40-17-12-24(13-18-40)29-37-31(39-38-29)30-33-14-4-15-34-30;/h1-11,14-16,19,24H,12-13,17-18,20H2,(H,35,41)(H,37,38,39);1H. The van der Waals surface area contributed by atoms with Crippen molar-refractivity contribution in [2.75, 3.05) is 13.1 Å². The Morgan fingerprint density at radius 1 is 0.833 bits per heavy atom. The van der Waals surface area contributed by atoms with E-state index in [1.165, 1.54) is 5.56 Å². The number of halogens is 1. The molecule has 210 valence electrons. The van der Waals surface area contributed by atoms with Crippen LogP contribution in [0.5, 0.6) is 0 Å². The van der Waals surface area contributed by atoms with Gasteiger partial charge in [-0.15, -0.1) is 17.5 Å². The minimum atomic E-state index is -0.133. The van der Waals surface area contributed by atoms with Gasteiger partial charge in [-0.2, -0.15) is 0 Å². The summed E-state index contributed by atoms with van der Waals surface area (Å²) in [5.74, 6) is 2.35. The van der Waals surface area contributed by atoms with Crippen molar-refractivity contribution in [3.63, 3.8) is 0 Å². The van der Waals surface area contributed by atoms with Crippen molar-refractivity contribution in [2.45, 2.75) is 25.3 Å². The monoisotopic (exact) mass is 576 g/mol. The maximum atomic E-state index is 12.5. The third-order valence-electron chi connectivity index (χ3n) is 7.71. The molecule has 1 aliphatic rings. The van der Waals surface area contributed by atoms with E-state index in [1.54, 1.807) is 24.7 Å². The van der Waals surface area contributed by atoms with Gasteiger partial charge in [0.2, 0.25) is 5.82 Å². The largest absolute Gasteiger partial charge is 0.328 e. The topological polar surface area (TPSA) is 116 Å². The zero-order chi connectivity index (χ0) is 27.6. The lowest BCUT2D eigenvalue weighted by Crippen LogP contribution is -2.32. The molecule has 10 heteroatoms. The second-order valence-electron chi connectivity index (χ2n) is 10.4. The van der Waals surface area contributed by atoms with Gasteiger partial charge in [0, 0.05) is 42.2 Å². The maximum absolute atomic E-state index is 12.5. The molecule has 1 fully saturated rings. The molecule has 2 aromatic carbocycles. The Bertz CT molecular complexity index is 1850. The molecule has 2 N–H and O–H groups in total. The first-order valence-electron chi connectivity index (χ1n) is 13.8. The number of rotatable bonds is 6. The van der Waals surface area contributed by atoms with Gasteiger partial charge in [-0.05, 0) is 55.3 Å². The van der Waals surface area contributed by atoms with Crippen molar-refractivity contribution in [1.29, 1.82) is 0 Å². The molecule has 5 heterocycles. The Morgan fingerprint density at radius 2 is 1.60 bits per heavy atom. The van der Waals surface area contributed by atoms with Crippen LogP contribution in [0.4, 0.5) is 0 Å². The normalized spacial score (nSPS) is 14.1. The molecule has 0 saturated carbocycles. The van der Waals surface area contributed by atoms with Gasteiger partial charge in [-0.25, -0.2) is 19.9 Å². The first-order valence-corrected chi connectivity index (χ1v) is 13.8. The van der Waals surface area contributed by atoms with Crippen LogP contribution in [0.25, 0.3) is 44.9 Å². The summed E-state index contributed by atoms with van der Waals surface area (Å²) < 4.78 is 0. The second kappa shape index (κ2) is 12.0. The molecule has 0 spiro atoms. The van der Waals surface area contributed by atoms with Gasteiger partial charge in [-0.3, -0.25) is 14.8 Å².